The fourth-order valence-corrected chi connectivity index (χ4v) is 9.43. The molecular formula is C28H47NO2. The monoisotopic (exact) mass is 429 g/mol. The number of carbonyl (C=O) groups excluding carboxylic acids is 1. The van der Waals surface area contributed by atoms with Gasteiger partial charge in [0.25, 0.3) is 0 Å². The van der Waals surface area contributed by atoms with Crippen LogP contribution in [0, 0.1) is 39.4 Å². The Kier molecular flexibility index (Phi) is 5.72. The number of carbonyl (C=O) groups is 1. The zero-order chi connectivity index (χ0) is 22.8. The SMILES string of the molecule is C[C@H](CCCC(N)=O)[C@H]1CC[C@@]2(C)C3=C(CC[C@]12C)[C@@]1(C)CC[C@H](O)C(C)(C)[C@@H]1CC3. The average molecular weight is 430 g/mol. The minimum atomic E-state index is -0.160. The molecule has 0 spiro atoms. The Balaban J connectivity index is 1.63. The number of primary amides is 1. The molecule has 7 atom stereocenters. The van der Waals surface area contributed by atoms with Crippen molar-refractivity contribution in [3.63, 3.8) is 0 Å². The molecule has 0 saturated heterocycles. The first-order chi connectivity index (χ1) is 14.4. The minimum absolute atomic E-state index is 0.0142. The van der Waals surface area contributed by atoms with Gasteiger partial charge in [-0.2, -0.15) is 0 Å². The Hall–Kier alpha value is -0.830. The number of aliphatic hydroxyl groups is 1. The summed E-state index contributed by atoms with van der Waals surface area (Å²) in [5.74, 6) is 1.84. The number of rotatable bonds is 5. The molecule has 0 unspecified atom stereocenters. The highest BCUT2D eigenvalue weighted by atomic mass is 16.3. The number of hydrogen-bond donors (Lipinski definition) is 2. The summed E-state index contributed by atoms with van der Waals surface area (Å²) >= 11 is 0. The zero-order valence-electron chi connectivity index (χ0n) is 21.0. The molecule has 0 bridgehead atoms. The van der Waals surface area contributed by atoms with Crippen LogP contribution < -0.4 is 5.73 Å². The smallest absolute Gasteiger partial charge is 0.217 e. The lowest BCUT2D eigenvalue weighted by Crippen LogP contribution is -2.55. The van der Waals surface area contributed by atoms with E-state index in [4.69, 9.17) is 5.73 Å². The van der Waals surface area contributed by atoms with E-state index in [1.54, 1.807) is 5.57 Å². The first-order valence-electron chi connectivity index (χ1n) is 13.1. The van der Waals surface area contributed by atoms with E-state index in [-0.39, 0.29) is 22.8 Å². The molecule has 0 aliphatic heterocycles. The molecule has 0 heterocycles. The Morgan fingerprint density at radius 2 is 1.74 bits per heavy atom. The van der Waals surface area contributed by atoms with E-state index in [1.165, 1.54) is 38.5 Å². The van der Waals surface area contributed by atoms with Crippen LogP contribution in [0.2, 0.25) is 0 Å². The predicted octanol–water partition coefficient (Wildman–Crippen LogP) is 6.39. The van der Waals surface area contributed by atoms with Crippen molar-refractivity contribution < 1.29 is 9.90 Å². The quantitative estimate of drug-likeness (QED) is 0.497. The largest absolute Gasteiger partial charge is 0.393 e. The van der Waals surface area contributed by atoms with Crippen molar-refractivity contribution in [1.82, 2.24) is 0 Å². The topological polar surface area (TPSA) is 63.3 Å². The predicted molar refractivity (Wildman–Crippen MR) is 127 cm³/mol. The minimum Gasteiger partial charge on any atom is -0.393 e. The number of aliphatic hydroxyl groups excluding tert-OH is 1. The summed E-state index contributed by atoms with van der Waals surface area (Å²) in [4.78, 5) is 11.2. The second-order valence-electron chi connectivity index (χ2n) is 13.1. The molecule has 3 nitrogen and oxygen atoms in total. The van der Waals surface area contributed by atoms with Crippen LogP contribution in [0.5, 0.6) is 0 Å². The van der Waals surface area contributed by atoms with E-state index in [0.717, 1.165) is 31.6 Å². The van der Waals surface area contributed by atoms with E-state index in [1.807, 2.05) is 5.57 Å². The summed E-state index contributed by atoms with van der Waals surface area (Å²) < 4.78 is 0. The average Bonchev–Trinajstić information content (AvgIpc) is 2.96. The van der Waals surface area contributed by atoms with Gasteiger partial charge in [-0.15, -0.1) is 0 Å². The van der Waals surface area contributed by atoms with E-state index < -0.39 is 0 Å². The van der Waals surface area contributed by atoms with Gasteiger partial charge >= 0.3 is 0 Å². The standard InChI is InChI=1S/C28H47NO2/c1-18(8-7-9-24(29)31)19-12-16-28(6)21-10-11-22-25(2,3)23(30)14-15-26(22,4)20(21)13-17-27(19,28)5/h18-19,22-23,30H,7-17H2,1-6H3,(H2,29,31)/t18-,19-,22+,23+,26-,27-,28+/m1/s1. The van der Waals surface area contributed by atoms with Gasteiger partial charge in [-0.3, -0.25) is 4.79 Å². The van der Waals surface area contributed by atoms with Crippen molar-refractivity contribution in [3.8, 4) is 0 Å². The lowest BCUT2D eigenvalue weighted by Gasteiger charge is -2.62. The first kappa shape index (κ1) is 23.3. The van der Waals surface area contributed by atoms with Crippen molar-refractivity contribution in [2.45, 2.75) is 118 Å². The molecule has 4 rings (SSSR count). The van der Waals surface area contributed by atoms with Crippen molar-refractivity contribution in [2.24, 2.45) is 45.1 Å². The number of allylic oxidation sites excluding steroid dienone is 2. The highest BCUT2D eigenvalue weighted by Crippen LogP contribution is 2.72. The summed E-state index contributed by atoms with van der Waals surface area (Å²) in [6, 6.07) is 0. The maximum atomic E-state index is 11.2. The van der Waals surface area contributed by atoms with Crippen molar-refractivity contribution >= 4 is 5.91 Å². The van der Waals surface area contributed by atoms with Gasteiger partial charge in [0, 0.05) is 6.42 Å². The van der Waals surface area contributed by atoms with Gasteiger partial charge in [-0.25, -0.2) is 0 Å². The summed E-state index contributed by atoms with van der Waals surface area (Å²) in [5.41, 5.74) is 9.97. The Morgan fingerprint density at radius 1 is 1.03 bits per heavy atom. The van der Waals surface area contributed by atoms with Gasteiger partial charge in [-0.1, -0.05) is 52.7 Å². The molecule has 3 heteroatoms. The lowest BCUT2D eigenvalue weighted by molar-refractivity contribution is -0.118. The van der Waals surface area contributed by atoms with E-state index in [9.17, 15) is 9.90 Å². The van der Waals surface area contributed by atoms with Gasteiger partial charge in [0.05, 0.1) is 6.10 Å². The molecule has 31 heavy (non-hydrogen) atoms. The molecule has 0 aromatic rings. The highest BCUT2D eigenvalue weighted by molar-refractivity contribution is 5.73. The Morgan fingerprint density at radius 3 is 2.42 bits per heavy atom. The molecule has 0 radical (unpaired) electrons. The van der Waals surface area contributed by atoms with Crippen LogP contribution >= 0.6 is 0 Å². The molecule has 2 saturated carbocycles. The van der Waals surface area contributed by atoms with Crippen LogP contribution in [0.15, 0.2) is 11.1 Å². The fraction of sp³-hybridized carbons (Fsp3) is 0.893. The van der Waals surface area contributed by atoms with Gasteiger partial charge < -0.3 is 10.8 Å². The maximum absolute atomic E-state index is 11.2. The summed E-state index contributed by atoms with van der Waals surface area (Å²) in [6.07, 6.45) is 12.2. The van der Waals surface area contributed by atoms with Crippen LogP contribution in [0.3, 0.4) is 0 Å². The molecular weight excluding hydrogens is 382 g/mol. The number of amides is 1. The highest BCUT2D eigenvalue weighted by Gasteiger charge is 2.63. The lowest BCUT2D eigenvalue weighted by atomic mass is 9.43. The summed E-state index contributed by atoms with van der Waals surface area (Å²) in [6.45, 7) is 14.8. The summed E-state index contributed by atoms with van der Waals surface area (Å²) in [5, 5.41) is 10.8. The molecule has 1 amide bonds. The van der Waals surface area contributed by atoms with E-state index in [2.05, 4.69) is 41.5 Å². The van der Waals surface area contributed by atoms with Crippen molar-refractivity contribution in [1.29, 1.82) is 0 Å². The van der Waals surface area contributed by atoms with Gasteiger partial charge in [0.15, 0.2) is 0 Å². The zero-order valence-corrected chi connectivity index (χ0v) is 21.0. The Labute approximate surface area is 190 Å². The molecule has 4 aliphatic carbocycles. The third-order valence-electron chi connectivity index (χ3n) is 11.6. The van der Waals surface area contributed by atoms with E-state index in [0.29, 0.717) is 29.1 Å². The van der Waals surface area contributed by atoms with Gasteiger partial charge in [-0.05, 0) is 104 Å². The van der Waals surface area contributed by atoms with Crippen LogP contribution in [-0.2, 0) is 4.79 Å². The fourth-order valence-electron chi connectivity index (χ4n) is 9.43. The molecule has 4 aliphatic rings. The van der Waals surface area contributed by atoms with Crippen molar-refractivity contribution in [3.05, 3.63) is 11.1 Å². The molecule has 0 aromatic heterocycles. The first-order valence-corrected chi connectivity index (χ1v) is 13.1. The summed E-state index contributed by atoms with van der Waals surface area (Å²) in [7, 11) is 0. The third-order valence-corrected chi connectivity index (χ3v) is 11.6. The molecule has 176 valence electrons. The van der Waals surface area contributed by atoms with E-state index >= 15 is 0 Å². The van der Waals surface area contributed by atoms with Gasteiger partial charge in [0.2, 0.25) is 5.91 Å². The number of hydrogen-bond acceptors (Lipinski definition) is 2. The van der Waals surface area contributed by atoms with Crippen LogP contribution in [0.25, 0.3) is 0 Å². The Bertz CT molecular complexity index is 769. The van der Waals surface area contributed by atoms with Crippen LogP contribution in [0.1, 0.15) is 112 Å². The normalized spacial score (nSPS) is 44.9. The van der Waals surface area contributed by atoms with Gasteiger partial charge in [0.1, 0.15) is 0 Å². The van der Waals surface area contributed by atoms with Crippen LogP contribution in [0.4, 0.5) is 0 Å². The molecule has 2 fully saturated rings. The number of fused-ring (bicyclic) bond motifs is 4. The molecule has 3 N–H and O–H groups in total. The van der Waals surface area contributed by atoms with Crippen LogP contribution in [-0.4, -0.2) is 17.1 Å². The van der Waals surface area contributed by atoms with Crippen molar-refractivity contribution in [2.75, 3.05) is 0 Å². The molecule has 0 aromatic carbocycles. The second kappa shape index (κ2) is 7.61. The number of nitrogens with two attached hydrogens (primary N) is 1. The second-order valence-corrected chi connectivity index (χ2v) is 13.1. The maximum Gasteiger partial charge on any atom is 0.217 e. The third kappa shape index (κ3) is 3.27.